The Labute approximate surface area is 173 Å². The summed E-state index contributed by atoms with van der Waals surface area (Å²) >= 11 is 7.35. The molecular formula is C18H19ClN2O5S2. The maximum Gasteiger partial charge on any atom is 0.244 e. The minimum absolute atomic E-state index is 0.0588. The van der Waals surface area contributed by atoms with Crippen LogP contribution in [0.25, 0.3) is 0 Å². The number of hydrogen-bond donors (Lipinski definition) is 1. The SMILES string of the molecule is CN(C)S(=O)(=O)c1cc(NC(=O)CSc2ccc3c(c2)OCCO3)ccc1Cl. The van der Waals surface area contributed by atoms with Crippen molar-refractivity contribution in [1.82, 2.24) is 4.31 Å². The third-order valence-electron chi connectivity index (χ3n) is 3.86. The standard InChI is InChI=1S/C18H19ClN2O5S2/c1-21(2)28(23,24)17-9-12(3-5-14(17)19)20-18(22)11-27-13-4-6-15-16(10-13)26-8-7-25-15/h3-6,9-10H,7-8,11H2,1-2H3,(H,20,22). The average Bonchev–Trinajstić information content (AvgIpc) is 2.67. The molecule has 1 amide bonds. The number of carbonyl (C=O) groups excluding carboxylic acids is 1. The van der Waals surface area contributed by atoms with E-state index < -0.39 is 10.0 Å². The lowest BCUT2D eigenvalue weighted by Gasteiger charge is -2.18. The van der Waals surface area contributed by atoms with Crippen LogP contribution in [-0.2, 0) is 14.8 Å². The van der Waals surface area contributed by atoms with Crippen LogP contribution in [0, 0.1) is 0 Å². The van der Waals surface area contributed by atoms with E-state index in [0.717, 1.165) is 9.20 Å². The summed E-state index contributed by atoms with van der Waals surface area (Å²) in [6, 6.07) is 9.85. The summed E-state index contributed by atoms with van der Waals surface area (Å²) in [7, 11) is -0.876. The van der Waals surface area contributed by atoms with Crippen molar-refractivity contribution < 1.29 is 22.7 Å². The summed E-state index contributed by atoms with van der Waals surface area (Å²) in [5, 5.41) is 2.79. The van der Waals surface area contributed by atoms with Crippen LogP contribution < -0.4 is 14.8 Å². The smallest absolute Gasteiger partial charge is 0.244 e. The molecule has 0 aromatic heterocycles. The molecule has 7 nitrogen and oxygen atoms in total. The highest BCUT2D eigenvalue weighted by molar-refractivity contribution is 8.00. The highest BCUT2D eigenvalue weighted by atomic mass is 35.5. The Morgan fingerprint density at radius 2 is 1.86 bits per heavy atom. The molecule has 3 rings (SSSR count). The van der Waals surface area contributed by atoms with E-state index in [0.29, 0.717) is 30.4 Å². The third-order valence-corrected chi connectivity index (χ3v) is 7.15. The fourth-order valence-corrected chi connectivity index (χ4v) is 4.55. The van der Waals surface area contributed by atoms with E-state index in [1.807, 2.05) is 18.2 Å². The summed E-state index contributed by atoms with van der Waals surface area (Å²) in [4.78, 5) is 13.1. The van der Waals surface area contributed by atoms with Crippen LogP contribution in [0.4, 0.5) is 5.69 Å². The lowest BCUT2D eigenvalue weighted by molar-refractivity contribution is -0.113. The molecule has 0 spiro atoms. The van der Waals surface area contributed by atoms with Gasteiger partial charge in [-0.2, -0.15) is 0 Å². The number of benzene rings is 2. The van der Waals surface area contributed by atoms with E-state index in [4.69, 9.17) is 21.1 Å². The fraction of sp³-hybridized carbons (Fsp3) is 0.278. The van der Waals surface area contributed by atoms with E-state index in [-0.39, 0.29) is 21.6 Å². The Balaban J connectivity index is 1.65. The van der Waals surface area contributed by atoms with E-state index in [1.165, 1.54) is 38.0 Å². The number of rotatable bonds is 6. The topological polar surface area (TPSA) is 84.9 Å². The van der Waals surface area contributed by atoms with Gasteiger partial charge in [-0.25, -0.2) is 12.7 Å². The van der Waals surface area contributed by atoms with Crippen LogP contribution in [-0.4, -0.2) is 51.7 Å². The molecule has 0 radical (unpaired) electrons. The van der Waals surface area contributed by atoms with Gasteiger partial charge in [0.05, 0.1) is 10.8 Å². The lowest BCUT2D eigenvalue weighted by Crippen LogP contribution is -2.23. The first-order valence-corrected chi connectivity index (χ1v) is 11.1. The first-order chi connectivity index (χ1) is 13.3. The van der Waals surface area contributed by atoms with Gasteiger partial charge in [0, 0.05) is 24.7 Å². The van der Waals surface area contributed by atoms with Crippen LogP contribution in [0.2, 0.25) is 5.02 Å². The van der Waals surface area contributed by atoms with Crippen LogP contribution in [0.1, 0.15) is 0 Å². The van der Waals surface area contributed by atoms with Crippen LogP contribution in [0.3, 0.4) is 0 Å². The molecule has 1 aliphatic heterocycles. The maximum atomic E-state index is 12.3. The lowest BCUT2D eigenvalue weighted by atomic mass is 10.3. The van der Waals surface area contributed by atoms with Gasteiger partial charge in [-0.1, -0.05) is 11.6 Å². The highest BCUT2D eigenvalue weighted by Gasteiger charge is 2.21. The molecule has 10 heteroatoms. The average molecular weight is 443 g/mol. The van der Waals surface area contributed by atoms with Gasteiger partial charge in [0.25, 0.3) is 0 Å². The number of carbonyl (C=O) groups is 1. The minimum atomic E-state index is -3.71. The largest absolute Gasteiger partial charge is 0.486 e. The van der Waals surface area contributed by atoms with Crippen LogP contribution in [0.5, 0.6) is 11.5 Å². The number of thioether (sulfide) groups is 1. The van der Waals surface area contributed by atoms with Gasteiger partial charge in [0.2, 0.25) is 15.9 Å². The molecule has 0 bridgehead atoms. The Morgan fingerprint density at radius 1 is 1.14 bits per heavy atom. The molecule has 2 aromatic rings. The molecule has 0 fully saturated rings. The molecule has 0 atom stereocenters. The van der Waals surface area contributed by atoms with E-state index in [9.17, 15) is 13.2 Å². The normalized spacial score (nSPS) is 13.4. The summed E-state index contributed by atoms with van der Waals surface area (Å²) in [5.41, 5.74) is 0.359. The van der Waals surface area contributed by atoms with Gasteiger partial charge in [-0.3, -0.25) is 4.79 Å². The van der Waals surface area contributed by atoms with Gasteiger partial charge >= 0.3 is 0 Å². The van der Waals surface area contributed by atoms with Crippen molar-refractivity contribution in [2.45, 2.75) is 9.79 Å². The highest BCUT2D eigenvalue weighted by Crippen LogP contribution is 2.34. The Bertz CT molecular complexity index is 995. The first-order valence-electron chi connectivity index (χ1n) is 8.32. The van der Waals surface area contributed by atoms with Gasteiger partial charge in [0.15, 0.2) is 11.5 Å². The number of halogens is 1. The number of ether oxygens (including phenoxy) is 2. The Kier molecular flexibility index (Phi) is 6.39. The van der Waals surface area contributed by atoms with Crippen molar-refractivity contribution in [2.24, 2.45) is 0 Å². The third kappa shape index (κ3) is 4.72. The molecule has 0 saturated carbocycles. The second-order valence-electron chi connectivity index (χ2n) is 6.07. The molecule has 0 unspecified atom stereocenters. The number of sulfonamides is 1. The number of fused-ring (bicyclic) bond motifs is 1. The second kappa shape index (κ2) is 8.60. The predicted octanol–water partition coefficient (Wildman–Crippen LogP) is 3.09. The monoisotopic (exact) mass is 442 g/mol. The minimum Gasteiger partial charge on any atom is -0.486 e. The second-order valence-corrected chi connectivity index (χ2v) is 9.65. The van der Waals surface area contributed by atoms with Crippen LogP contribution >= 0.6 is 23.4 Å². The first kappa shape index (κ1) is 20.8. The number of hydrogen-bond acceptors (Lipinski definition) is 6. The van der Waals surface area contributed by atoms with Gasteiger partial charge in [-0.05, 0) is 36.4 Å². The fourth-order valence-electron chi connectivity index (χ4n) is 2.43. The van der Waals surface area contributed by atoms with Crippen molar-refractivity contribution >= 4 is 45.0 Å². The van der Waals surface area contributed by atoms with Gasteiger partial charge < -0.3 is 14.8 Å². The Morgan fingerprint density at radius 3 is 2.57 bits per heavy atom. The zero-order chi connectivity index (χ0) is 20.3. The van der Waals surface area contributed by atoms with Crippen LogP contribution in [0.15, 0.2) is 46.2 Å². The predicted molar refractivity (Wildman–Crippen MR) is 109 cm³/mol. The summed E-state index contributed by atoms with van der Waals surface area (Å²) in [6.07, 6.45) is 0. The van der Waals surface area contributed by atoms with Crippen molar-refractivity contribution in [3.63, 3.8) is 0 Å². The van der Waals surface area contributed by atoms with Gasteiger partial charge in [-0.15, -0.1) is 11.8 Å². The van der Waals surface area contributed by atoms with E-state index >= 15 is 0 Å². The molecule has 1 heterocycles. The van der Waals surface area contributed by atoms with Crippen molar-refractivity contribution in [3.05, 3.63) is 41.4 Å². The van der Waals surface area contributed by atoms with Crippen molar-refractivity contribution in [3.8, 4) is 11.5 Å². The molecule has 0 saturated heterocycles. The molecule has 150 valence electrons. The zero-order valence-corrected chi connectivity index (χ0v) is 17.7. The maximum absolute atomic E-state index is 12.3. The quantitative estimate of drug-likeness (QED) is 0.692. The molecule has 28 heavy (non-hydrogen) atoms. The molecular weight excluding hydrogens is 424 g/mol. The van der Waals surface area contributed by atoms with Crippen molar-refractivity contribution in [2.75, 3.05) is 38.4 Å². The summed E-state index contributed by atoms with van der Waals surface area (Å²) in [6.45, 7) is 1.02. The molecule has 1 N–H and O–H groups in total. The number of amides is 1. The number of nitrogens with one attached hydrogen (secondary N) is 1. The number of nitrogens with zero attached hydrogens (tertiary/aromatic N) is 1. The van der Waals surface area contributed by atoms with E-state index in [2.05, 4.69) is 5.32 Å². The van der Waals surface area contributed by atoms with E-state index in [1.54, 1.807) is 6.07 Å². The van der Waals surface area contributed by atoms with Gasteiger partial charge in [0.1, 0.15) is 18.1 Å². The molecule has 0 aliphatic carbocycles. The molecule has 1 aliphatic rings. The van der Waals surface area contributed by atoms with Crippen molar-refractivity contribution in [1.29, 1.82) is 0 Å². The zero-order valence-electron chi connectivity index (χ0n) is 15.3. The summed E-state index contributed by atoms with van der Waals surface area (Å²) < 4.78 is 36.7. The molecule has 2 aromatic carbocycles. The number of anilines is 1. The summed E-state index contributed by atoms with van der Waals surface area (Å²) in [5.74, 6) is 1.23. The Hall–Kier alpha value is -1.94.